The lowest BCUT2D eigenvalue weighted by molar-refractivity contribution is -0.129. The van der Waals surface area contributed by atoms with Crippen molar-refractivity contribution in [3.8, 4) is 11.3 Å². The highest BCUT2D eigenvalue weighted by Gasteiger charge is 2.43. The van der Waals surface area contributed by atoms with E-state index in [0.717, 1.165) is 38.0 Å². The van der Waals surface area contributed by atoms with Crippen molar-refractivity contribution >= 4 is 16.8 Å². The predicted octanol–water partition coefficient (Wildman–Crippen LogP) is 5.83. The van der Waals surface area contributed by atoms with Crippen LogP contribution in [0.1, 0.15) is 32.6 Å². The highest BCUT2D eigenvalue weighted by molar-refractivity contribution is 5.86. The molecule has 0 atom stereocenters. The number of aromatic amines is 1. The summed E-state index contributed by atoms with van der Waals surface area (Å²) in [5.41, 5.74) is 1.86. The molecule has 2 N–H and O–H groups in total. The molecule has 0 spiro atoms. The summed E-state index contributed by atoms with van der Waals surface area (Å²) in [7, 11) is 1.73. The third-order valence-corrected chi connectivity index (χ3v) is 6.59. The van der Waals surface area contributed by atoms with Gasteiger partial charge in [0.05, 0.1) is 12.1 Å². The van der Waals surface area contributed by atoms with Crippen molar-refractivity contribution in [3.63, 3.8) is 0 Å². The fourth-order valence-electron chi connectivity index (χ4n) is 4.34. The number of rotatable bonds is 6. The molecule has 2 aliphatic carbocycles. The summed E-state index contributed by atoms with van der Waals surface area (Å²) in [5.74, 6) is -0.307. The lowest BCUT2D eigenvalue weighted by Crippen LogP contribution is -2.41. The number of carbonyl (C=O) groups excluding carboxylic acids is 1. The number of hydrogen-bond donors (Lipinski definition) is 2. The molecule has 2 saturated carbocycles. The highest BCUT2D eigenvalue weighted by Crippen LogP contribution is 2.45. The van der Waals surface area contributed by atoms with E-state index in [0.29, 0.717) is 22.6 Å². The zero-order valence-corrected chi connectivity index (χ0v) is 18.9. The first kappa shape index (κ1) is 23.4. The number of fused-ring (bicyclic) bond motifs is 1. The summed E-state index contributed by atoms with van der Waals surface area (Å²) in [6.45, 7) is 3.80. The van der Waals surface area contributed by atoms with Crippen LogP contribution >= 0.6 is 0 Å². The molecule has 0 saturated heterocycles. The summed E-state index contributed by atoms with van der Waals surface area (Å²) >= 11 is 0. The van der Waals surface area contributed by atoms with Crippen molar-refractivity contribution in [2.75, 3.05) is 20.3 Å². The van der Waals surface area contributed by atoms with Gasteiger partial charge in [0.2, 0.25) is 5.91 Å². The minimum atomic E-state index is -0.640. The van der Waals surface area contributed by atoms with Crippen molar-refractivity contribution in [1.29, 1.82) is 0 Å². The molecular formula is C26H29F3N2O2. The Hall–Kier alpha value is -2.80. The van der Waals surface area contributed by atoms with Gasteiger partial charge in [-0.25, -0.2) is 13.2 Å². The largest absolute Gasteiger partial charge is 0.384 e. The van der Waals surface area contributed by atoms with Gasteiger partial charge < -0.3 is 15.0 Å². The van der Waals surface area contributed by atoms with E-state index >= 15 is 0 Å². The van der Waals surface area contributed by atoms with Gasteiger partial charge in [0, 0.05) is 42.1 Å². The van der Waals surface area contributed by atoms with E-state index in [1.165, 1.54) is 31.0 Å². The lowest BCUT2D eigenvalue weighted by Gasteiger charge is -2.31. The molecule has 0 radical (unpaired) electrons. The maximum Gasteiger partial charge on any atom is 0.223 e. The van der Waals surface area contributed by atoms with Crippen LogP contribution < -0.4 is 5.32 Å². The fraction of sp³-hybridized carbons (Fsp3) is 0.423. The van der Waals surface area contributed by atoms with Gasteiger partial charge in [0.15, 0.2) is 0 Å². The molecule has 1 heterocycles. The van der Waals surface area contributed by atoms with Crippen molar-refractivity contribution in [3.05, 3.63) is 59.9 Å². The number of benzene rings is 2. The predicted molar refractivity (Wildman–Crippen MR) is 122 cm³/mol. The average Bonchev–Trinajstić information content (AvgIpc) is 3.39. The van der Waals surface area contributed by atoms with E-state index in [4.69, 9.17) is 4.74 Å². The second-order valence-corrected chi connectivity index (χ2v) is 9.47. The molecule has 2 aromatic carbocycles. The Morgan fingerprint density at radius 1 is 1.09 bits per heavy atom. The minimum absolute atomic E-state index is 0.246. The van der Waals surface area contributed by atoms with E-state index in [9.17, 15) is 18.0 Å². The summed E-state index contributed by atoms with van der Waals surface area (Å²) in [6, 6.07) is 9.50. The van der Waals surface area contributed by atoms with Crippen LogP contribution in [0.2, 0.25) is 0 Å². The number of hydrogen-bond acceptors (Lipinski definition) is 2. The molecule has 0 bridgehead atoms. The molecule has 5 rings (SSSR count). The summed E-state index contributed by atoms with van der Waals surface area (Å²) in [4.78, 5) is 14.6. The maximum atomic E-state index is 13.5. The Morgan fingerprint density at radius 3 is 2.39 bits per heavy atom. The first-order chi connectivity index (χ1) is 15.8. The summed E-state index contributed by atoms with van der Waals surface area (Å²) < 4.78 is 44.5. The van der Waals surface area contributed by atoms with Gasteiger partial charge in [-0.2, -0.15) is 0 Å². The van der Waals surface area contributed by atoms with Crippen molar-refractivity contribution < 1.29 is 22.7 Å². The Balaban J connectivity index is 0.000000160. The highest BCUT2D eigenvalue weighted by atomic mass is 19.1. The van der Waals surface area contributed by atoms with Crippen LogP contribution in [0.15, 0.2) is 42.5 Å². The second kappa shape index (κ2) is 9.59. The van der Waals surface area contributed by atoms with Crippen LogP contribution in [0.4, 0.5) is 13.2 Å². The van der Waals surface area contributed by atoms with Crippen LogP contribution in [-0.4, -0.2) is 31.2 Å². The Morgan fingerprint density at radius 2 is 1.79 bits per heavy atom. The first-order valence-electron chi connectivity index (χ1n) is 11.3. The smallest absolute Gasteiger partial charge is 0.223 e. The van der Waals surface area contributed by atoms with E-state index < -0.39 is 11.6 Å². The standard InChI is InChI=1S/C14H8F3N.C12H21NO2/c15-10-3-1-8(2-4-10)13-6-9-5-11(16)7-12(17)14(9)18-13;1-9-5-10(6-9)11(14)13-7-12(3-4-12)8-15-2/h1-7,18H;9-10H,3-8H2,1-2H3,(H,13,14). The number of halogens is 3. The molecule has 0 unspecified atom stereocenters. The minimum Gasteiger partial charge on any atom is -0.384 e. The second-order valence-electron chi connectivity index (χ2n) is 9.47. The molecule has 0 aliphatic heterocycles. The molecule has 4 nitrogen and oxygen atoms in total. The Labute approximate surface area is 191 Å². The number of H-pyrrole nitrogens is 1. The molecule has 2 aliphatic rings. The molecule has 33 heavy (non-hydrogen) atoms. The van der Waals surface area contributed by atoms with Gasteiger partial charge in [0.1, 0.15) is 17.5 Å². The number of methoxy groups -OCH3 is 1. The number of aromatic nitrogens is 1. The van der Waals surface area contributed by atoms with E-state index in [-0.39, 0.29) is 22.7 Å². The first-order valence-corrected chi connectivity index (χ1v) is 11.3. The zero-order valence-electron chi connectivity index (χ0n) is 18.9. The third kappa shape index (κ3) is 5.58. The fourth-order valence-corrected chi connectivity index (χ4v) is 4.34. The number of nitrogens with one attached hydrogen (secondary N) is 2. The van der Waals surface area contributed by atoms with Crippen molar-refractivity contribution in [2.24, 2.45) is 17.3 Å². The monoisotopic (exact) mass is 458 g/mol. The number of amides is 1. The van der Waals surface area contributed by atoms with Crippen molar-refractivity contribution in [2.45, 2.75) is 32.6 Å². The summed E-state index contributed by atoms with van der Waals surface area (Å²) in [5, 5.41) is 3.52. The Bertz CT molecular complexity index is 1120. The van der Waals surface area contributed by atoms with E-state index in [2.05, 4.69) is 17.2 Å². The molecule has 3 aromatic rings. The lowest BCUT2D eigenvalue weighted by atomic mass is 9.75. The average molecular weight is 459 g/mol. The van der Waals surface area contributed by atoms with E-state index in [1.807, 2.05) is 0 Å². The van der Waals surface area contributed by atoms with Crippen LogP contribution in [0.3, 0.4) is 0 Å². The van der Waals surface area contributed by atoms with Gasteiger partial charge in [-0.3, -0.25) is 4.79 Å². The SMILES string of the molecule is COCC1(CNC(=O)C2CC(C)C2)CC1.Fc1ccc(-c2cc3cc(F)cc(F)c3[nH]2)cc1. The van der Waals surface area contributed by atoms with Gasteiger partial charge in [-0.1, -0.05) is 6.92 Å². The molecule has 1 aromatic heterocycles. The third-order valence-electron chi connectivity index (χ3n) is 6.59. The quantitative estimate of drug-likeness (QED) is 0.489. The summed E-state index contributed by atoms with van der Waals surface area (Å²) in [6.07, 6.45) is 4.54. The number of carbonyl (C=O) groups is 1. The Kier molecular flexibility index (Phi) is 6.79. The maximum absolute atomic E-state index is 13.5. The van der Waals surface area contributed by atoms with Crippen LogP contribution in [0.25, 0.3) is 22.2 Å². The molecule has 7 heteroatoms. The molecule has 176 valence electrons. The molecule has 2 fully saturated rings. The normalized spacial score (nSPS) is 20.5. The van der Waals surface area contributed by atoms with Crippen LogP contribution in [0, 0.1) is 34.7 Å². The van der Waals surface area contributed by atoms with Crippen molar-refractivity contribution in [1.82, 2.24) is 10.3 Å². The van der Waals surface area contributed by atoms with E-state index in [1.54, 1.807) is 25.3 Å². The van der Waals surface area contributed by atoms with Gasteiger partial charge in [-0.15, -0.1) is 0 Å². The number of ether oxygens (including phenoxy) is 1. The molecule has 1 amide bonds. The zero-order chi connectivity index (χ0) is 23.6. The molecular weight excluding hydrogens is 429 g/mol. The van der Waals surface area contributed by atoms with Crippen LogP contribution in [-0.2, 0) is 9.53 Å². The van der Waals surface area contributed by atoms with Gasteiger partial charge >= 0.3 is 0 Å². The van der Waals surface area contributed by atoms with Gasteiger partial charge in [-0.05, 0) is 73.6 Å². The topological polar surface area (TPSA) is 54.1 Å². The van der Waals surface area contributed by atoms with Crippen LogP contribution in [0.5, 0.6) is 0 Å². The van der Waals surface area contributed by atoms with Gasteiger partial charge in [0.25, 0.3) is 0 Å².